The second-order valence-corrected chi connectivity index (χ2v) is 6.58. The summed E-state index contributed by atoms with van der Waals surface area (Å²) in [6.45, 7) is 3.78. The number of β-amino-alcohol motifs (C(OH)–C–C–N with tert-alkyl or cyclic N) is 1. The molecular formula is C17H27N3O2. The first-order chi connectivity index (χ1) is 10.4. The molecule has 0 aliphatic carbocycles. The summed E-state index contributed by atoms with van der Waals surface area (Å²) in [4.78, 5) is 20.7. The summed E-state index contributed by atoms with van der Waals surface area (Å²) < 4.78 is 0. The molecule has 2 heterocycles. The van der Waals surface area contributed by atoms with E-state index in [4.69, 9.17) is 0 Å². The lowest BCUT2D eigenvalue weighted by Crippen LogP contribution is -2.54. The summed E-state index contributed by atoms with van der Waals surface area (Å²) in [6.07, 6.45) is 5.17. The first kappa shape index (κ1) is 16.9. The topological polar surface area (TPSA) is 56.7 Å². The Morgan fingerprint density at radius 3 is 2.95 bits per heavy atom. The highest BCUT2D eigenvalue weighted by Gasteiger charge is 2.35. The molecule has 2 rings (SSSR count). The maximum Gasteiger partial charge on any atom is 0.254 e. The monoisotopic (exact) mass is 305 g/mol. The molecule has 1 aromatic heterocycles. The Kier molecular flexibility index (Phi) is 5.53. The fourth-order valence-electron chi connectivity index (χ4n) is 3.19. The quantitative estimate of drug-likeness (QED) is 0.897. The van der Waals surface area contributed by atoms with Crippen molar-refractivity contribution in [2.45, 2.75) is 38.2 Å². The van der Waals surface area contributed by atoms with E-state index in [0.717, 1.165) is 31.4 Å². The lowest BCUT2D eigenvalue weighted by Gasteiger charge is -2.40. The molecule has 0 unspecified atom stereocenters. The maximum atomic E-state index is 12.7. The summed E-state index contributed by atoms with van der Waals surface area (Å²) in [7, 11) is 3.89. The molecule has 1 amide bonds. The predicted octanol–water partition coefficient (Wildman–Crippen LogP) is 1.56. The zero-order valence-electron chi connectivity index (χ0n) is 13.9. The largest absolute Gasteiger partial charge is 0.387 e. The SMILES string of the molecule is CCCc1cc(C(=O)N2CCC[C@](O)(CN(C)C)C2)ccn1. The molecule has 5 nitrogen and oxygen atoms in total. The average Bonchev–Trinajstić information content (AvgIpc) is 2.46. The van der Waals surface area contributed by atoms with Crippen LogP contribution in [0.2, 0.25) is 0 Å². The van der Waals surface area contributed by atoms with Gasteiger partial charge in [0.25, 0.3) is 5.91 Å². The van der Waals surface area contributed by atoms with Crippen molar-refractivity contribution in [1.82, 2.24) is 14.8 Å². The lowest BCUT2D eigenvalue weighted by atomic mass is 9.92. The molecule has 1 aromatic rings. The third-order valence-electron chi connectivity index (χ3n) is 4.02. The average molecular weight is 305 g/mol. The highest BCUT2D eigenvalue weighted by Crippen LogP contribution is 2.23. The van der Waals surface area contributed by atoms with Crippen molar-refractivity contribution in [3.8, 4) is 0 Å². The van der Waals surface area contributed by atoms with Crippen LogP contribution in [-0.4, -0.2) is 65.1 Å². The highest BCUT2D eigenvalue weighted by molar-refractivity contribution is 5.94. The number of carbonyl (C=O) groups excluding carboxylic acids is 1. The van der Waals surface area contributed by atoms with Crippen molar-refractivity contribution >= 4 is 5.91 Å². The molecule has 1 aliphatic rings. The molecule has 1 saturated heterocycles. The summed E-state index contributed by atoms with van der Waals surface area (Å²) >= 11 is 0. The van der Waals surface area contributed by atoms with Crippen LogP contribution in [-0.2, 0) is 6.42 Å². The van der Waals surface area contributed by atoms with Gasteiger partial charge in [0.15, 0.2) is 0 Å². The zero-order chi connectivity index (χ0) is 16.2. The van der Waals surface area contributed by atoms with Crippen LogP contribution >= 0.6 is 0 Å². The van der Waals surface area contributed by atoms with E-state index >= 15 is 0 Å². The first-order valence-corrected chi connectivity index (χ1v) is 8.05. The molecule has 0 radical (unpaired) electrons. The minimum Gasteiger partial charge on any atom is -0.387 e. The van der Waals surface area contributed by atoms with Crippen molar-refractivity contribution in [3.05, 3.63) is 29.6 Å². The Bertz CT molecular complexity index is 518. The summed E-state index contributed by atoms with van der Waals surface area (Å²) in [5.41, 5.74) is 0.818. The number of likely N-dealkylation sites (tertiary alicyclic amines) is 1. The van der Waals surface area contributed by atoms with Gasteiger partial charge in [0, 0.05) is 30.5 Å². The van der Waals surface area contributed by atoms with Crippen molar-refractivity contribution in [2.24, 2.45) is 0 Å². The molecule has 1 aliphatic heterocycles. The van der Waals surface area contributed by atoms with Crippen molar-refractivity contribution < 1.29 is 9.90 Å². The zero-order valence-corrected chi connectivity index (χ0v) is 13.9. The van der Waals surface area contributed by atoms with Gasteiger partial charge in [0.1, 0.15) is 0 Å². The second kappa shape index (κ2) is 7.20. The number of aliphatic hydroxyl groups is 1. The first-order valence-electron chi connectivity index (χ1n) is 8.05. The minimum absolute atomic E-state index is 0.00312. The Labute approximate surface area is 132 Å². The molecule has 1 N–H and O–H groups in total. The van der Waals surface area contributed by atoms with E-state index in [9.17, 15) is 9.90 Å². The van der Waals surface area contributed by atoms with E-state index in [1.165, 1.54) is 0 Å². The third kappa shape index (κ3) is 4.27. The van der Waals surface area contributed by atoms with Gasteiger partial charge >= 0.3 is 0 Å². The molecule has 0 aromatic carbocycles. The molecule has 0 bridgehead atoms. The number of hydrogen-bond donors (Lipinski definition) is 1. The summed E-state index contributed by atoms with van der Waals surface area (Å²) in [6, 6.07) is 3.65. The number of aromatic nitrogens is 1. The van der Waals surface area contributed by atoms with Gasteiger partial charge in [-0.2, -0.15) is 0 Å². The molecule has 0 spiro atoms. The molecule has 1 fully saturated rings. The predicted molar refractivity (Wildman–Crippen MR) is 86.9 cm³/mol. The van der Waals surface area contributed by atoms with E-state index in [2.05, 4.69) is 11.9 Å². The van der Waals surface area contributed by atoms with Gasteiger partial charge in [-0.1, -0.05) is 13.3 Å². The standard InChI is InChI=1S/C17H27N3O2/c1-4-6-15-11-14(7-9-18-15)16(21)20-10-5-8-17(22,13-20)12-19(2)3/h7,9,11,22H,4-6,8,10,12-13H2,1-3H3/t17-/m0/s1. The molecule has 22 heavy (non-hydrogen) atoms. The van der Waals surface area contributed by atoms with E-state index in [0.29, 0.717) is 25.2 Å². The second-order valence-electron chi connectivity index (χ2n) is 6.58. The van der Waals surface area contributed by atoms with Crippen LogP contribution in [0, 0.1) is 0 Å². The molecule has 5 heteroatoms. The van der Waals surface area contributed by atoms with Crippen LogP contribution in [0.3, 0.4) is 0 Å². The maximum absolute atomic E-state index is 12.7. The van der Waals surface area contributed by atoms with E-state index < -0.39 is 5.60 Å². The van der Waals surface area contributed by atoms with Gasteiger partial charge < -0.3 is 14.9 Å². The number of nitrogens with zero attached hydrogens (tertiary/aromatic N) is 3. The van der Waals surface area contributed by atoms with E-state index in [1.807, 2.05) is 25.1 Å². The van der Waals surface area contributed by atoms with E-state index in [-0.39, 0.29) is 5.91 Å². The van der Waals surface area contributed by atoms with Crippen LogP contribution in [0.4, 0.5) is 0 Å². The number of piperidine rings is 1. The van der Waals surface area contributed by atoms with Gasteiger partial charge in [0.2, 0.25) is 0 Å². The van der Waals surface area contributed by atoms with Crippen LogP contribution in [0.1, 0.15) is 42.2 Å². The van der Waals surface area contributed by atoms with Crippen LogP contribution in [0.15, 0.2) is 18.3 Å². The van der Waals surface area contributed by atoms with Gasteiger partial charge in [-0.3, -0.25) is 9.78 Å². The molecular weight excluding hydrogens is 278 g/mol. The van der Waals surface area contributed by atoms with Gasteiger partial charge in [-0.05, 0) is 45.5 Å². The number of carbonyl (C=O) groups is 1. The number of pyridine rings is 1. The van der Waals surface area contributed by atoms with Crippen LogP contribution < -0.4 is 0 Å². The molecule has 122 valence electrons. The number of likely N-dealkylation sites (N-methyl/N-ethyl adjacent to an activating group) is 1. The van der Waals surface area contributed by atoms with Gasteiger partial charge in [-0.15, -0.1) is 0 Å². The molecule has 0 saturated carbocycles. The summed E-state index contributed by atoms with van der Waals surface area (Å²) in [5.74, 6) is -0.00312. The van der Waals surface area contributed by atoms with E-state index in [1.54, 1.807) is 17.2 Å². The Morgan fingerprint density at radius 2 is 2.27 bits per heavy atom. The Hall–Kier alpha value is -1.46. The number of rotatable bonds is 5. The summed E-state index contributed by atoms with van der Waals surface area (Å²) in [5, 5.41) is 10.7. The van der Waals surface area contributed by atoms with Crippen molar-refractivity contribution in [2.75, 3.05) is 33.7 Å². The Balaban J connectivity index is 2.10. The number of aryl methyl sites for hydroxylation is 1. The van der Waals surface area contributed by atoms with Crippen LogP contribution in [0.25, 0.3) is 0 Å². The minimum atomic E-state index is -0.809. The van der Waals surface area contributed by atoms with Crippen LogP contribution in [0.5, 0.6) is 0 Å². The fraction of sp³-hybridized carbons (Fsp3) is 0.647. The third-order valence-corrected chi connectivity index (χ3v) is 4.02. The fourth-order valence-corrected chi connectivity index (χ4v) is 3.19. The van der Waals surface area contributed by atoms with Gasteiger partial charge in [-0.25, -0.2) is 0 Å². The van der Waals surface area contributed by atoms with Crippen molar-refractivity contribution in [1.29, 1.82) is 0 Å². The number of hydrogen-bond acceptors (Lipinski definition) is 4. The normalized spacial score (nSPS) is 22.1. The smallest absolute Gasteiger partial charge is 0.254 e. The Morgan fingerprint density at radius 1 is 1.50 bits per heavy atom. The van der Waals surface area contributed by atoms with Crippen molar-refractivity contribution in [3.63, 3.8) is 0 Å². The lowest BCUT2D eigenvalue weighted by molar-refractivity contribution is -0.0391. The number of amides is 1. The van der Waals surface area contributed by atoms with Gasteiger partial charge in [0.05, 0.1) is 12.1 Å². The highest BCUT2D eigenvalue weighted by atomic mass is 16.3. The molecule has 1 atom stereocenters.